The first kappa shape index (κ1) is 14.3. The summed E-state index contributed by atoms with van der Waals surface area (Å²) in [6.07, 6.45) is 1.09. The Bertz CT molecular complexity index is 603. The highest BCUT2D eigenvalue weighted by molar-refractivity contribution is 5.83. The van der Waals surface area contributed by atoms with E-state index in [9.17, 15) is 0 Å². The highest BCUT2D eigenvalue weighted by Crippen LogP contribution is 2.21. The van der Waals surface area contributed by atoms with Gasteiger partial charge in [0.25, 0.3) is 0 Å². The van der Waals surface area contributed by atoms with Crippen molar-refractivity contribution in [1.29, 1.82) is 0 Å². The number of para-hydroxylation sites is 1. The monoisotopic (exact) mass is 284 g/mol. The number of nitrogens with zero attached hydrogens (tertiary/aromatic N) is 3. The van der Waals surface area contributed by atoms with Gasteiger partial charge in [-0.15, -0.1) is 0 Å². The summed E-state index contributed by atoms with van der Waals surface area (Å²) in [5.41, 5.74) is 7.96. The van der Waals surface area contributed by atoms with E-state index >= 15 is 0 Å². The van der Waals surface area contributed by atoms with Crippen LogP contribution in [0.15, 0.2) is 30.3 Å². The summed E-state index contributed by atoms with van der Waals surface area (Å²) < 4.78 is 0. The third-order valence-corrected chi connectivity index (χ3v) is 4.28. The van der Waals surface area contributed by atoms with Gasteiger partial charge in [-0.1, -0.05) is 18.2 Å². The lowest BCUT2D eigenvalue weighted by Gasteiger charge is -2.35. The van der Waals surface area contributed by atoms with Crippen LogP contribution in [0.5, 0.6) is 0 Å². The molecule has 21 heavy (non-hydrogen) atoms. The summed E-state index contributed by atoms with van der Waals surface area (Å²) in [5.74, 6) is 1.11. The van der Waals surface area contributed by atoms with Crippen LogP contribution in [0.4, 0.5) is 5.82 Å². The number of nitrogens with two attached hydrogens (primary N) is 1. The van der Waals surface area contributed by atoms with Crippen molar-refractivity contribution in [2.75, 3.05) is 44.2 Å². The van der Waals surface area contributed by atoms with Crippen molar-refractivity contribution in [3.8, 4) is 0 Å². The molecule has 1 fully saturated rings. The van der Waals surface area contributed by atoms with Gasteiger partial charge in [-0.3, -0.25) is 4.90 Å². The quantitative estimate of drug-likeness (QED) is 0.933. The van der Waals surface area contributed by atoms with Gasteiger partial charge in [-0.25, -0.2) is 4.98 Å². The van der Waals surface area contributed by atoms with Crippen molar-refractivity contribution in [2.45, 2.75) is 13.3 Å². The summed E-state index contributed by atoms with van der Waals surface area (Å²) in [6, 6.07) is 10.7. The Hall–Kier alpha value is -1.65. The van der Waals surface area contributed by atoms with E-state index in [1.54, 1.807) is 0 Å². The molecule has 2 aromatic rings. The van der Waals surface area contributed by atoms with Crippen molar-refractivity contribution in [3.63, 3.8) is 0 Å². The molecule has 112 valence electrons. The Labute approximate surface area is 126 Å². The minimum Gasteiger partial charge on any atom is -0.354 e. The molecule has 0 unspecified atom stereocenters. The highest BCUT2D eigenvalue weighted by Gasteiger charge is 2.17. The molecule has 1 aromatic heterocycles. The number of rotatable bonds is 4. The molecule has 1 saturated heterocycles. The fourth-order valence-electron chi connectivity index (χ4n) is 2.98. The van der Waals surface area contributed by atoms with Crippen LogP contribution in [0.2, 0.25) is 0 Å². The average molecular weight is 284 g/mol. The van der Waals surface area contributed by atoms with E-state index in [2.05, 4.69) is 47.1 Å². The minimum absolute atomic E-state index is 0.783. The van der Waals surface area contributed by atoms with Crippen molar-refractivity contribution < 1.29 is 0 Å². The smallest absolute Gasteiger partial charge is 0.129 e. The molecule has 1 aliphatic rings. The van der Waals surface area contributed by atoms with Gasteiger partial charge in [0.15, 0.2) is 0 Å². The van der Waals surface area contributed by atoms with Crippen molar-refractivity contribution in [1.82, 2.24) is 9.88 Å². The standard InChI is InChI=1S/C17H24N4/c1-14-4-2-5-15-6-7-16(19-17(14)15)21-12-10-20(11-13-21)9-3-8-18/h2,4-7H,3,8-13,18H2,1H3. The topological polar surface area (TPSA) is 45.4 Å². The van der Waals surface area contributed by atoms with E-state index in [1.165, 1.54) is 10.9 Å². The van der Waals surface area contributed by atoms with E-state index < -0.39 is 0 Å². The van der Waals surface area contributed by atoms with Gasteiger partial charge in [0.05, 0.1) is 5.52 Å². The van der Waals surface area contributed by atoms with Gasteiger partial charge in [0.1, 0.15) is 5.82 Å². The second-order valence-corrected chi connectivity index (χ2v) is 5.79. The maximum Gasteiger partial charge on any atom is 0.129 e. The number of piperazine rings is 1. The SMILES string of the molecule is Cc1cccc2ccc(N3CCN(CCCN)CC3)nc12. The highest BCUT2D eigenvalue weighted by atomic mass is 15.3. The average Bonchev–Trinajstić information content (AvgIpc) is 2.54. The molecule has 2 heterocycles. The Morgan fingerprint density at radius 3 is 2.67 bits per heavy atom. The zero-order valence-electron chi connectivity index (χ0n) is 12.8. The Balaban J connectivity index is 1.72. The number of benzene rings is 1. The molecule has 0 bridgehead atoms. The number of aromatic nitrogens is 1. The molecule has 0 aliphatic carbocycles. The third kappa shape index (κ3) is 3.17. The first-order chi connectivity index (χ1) is 10.3. The zero-order chi connectivity index (χ0) is 14.7. The largest absolute Gasteiger partial charge is 0.354 e. The van der Waals surface area contributed by atoms with Gasteiger partial charge >= 0.3 is 0 Å². The number of fused-ring (bicyclic) bond motifs is 1. The lowest BCUT2D eigenvalue weighted by Crippen LogP contribution is -2.47. The fraction of sp³-hybridized carbons (Fsp3) is 0.471. The Kier molecular flexibility index (Phi) is 4.36. The van der Waals surface area contributed by atoms with Crippen LogP contribution < -0.4 is 10.6 Å². The van der Waals surface area contributed by atoms with Crippen LogP contribution in [-0.2, 0) is 0 Å². The van der Waals surface area contributed by atoms with Crippen LogP contribution in [-0.4, -0.2) is 49.2 Å². The summed E-state index contributed by atoms with van der Waals surface area (Å²) in [5, 5.41) is 1.22. The van der Waals surface area contributed by atoms with Gasteiger partial charge < -0.3 is 10.6 Å². The Morgan fingerprint density at radius 1 is 1.10 bits per heavy atom. The normalized spacial score (nSPS) is 16.6. The number of hydrogen-bond acceptors (Lipinski definition) is 4. The third-order valence-electron chi connectivity index (χ3n) is 4.28. The molecule has 0 radical (unpaired) electrons. The second-order valence-electron chi connectivity index (χ2n) is 5.79. The predicted octanol–water partition coefficient (Wildman–Crippen LogP) is 2.01. The van der Waals surface area contributed by atoms with Crippen LogP contribution in [0, 0.1) is 6.92 Å². The maximum absolute atomic E-state index is 5.58. The molecule has 0 saturated carbocycles. The lowest BCUT2D eigenvalue weighted by atomic mass is 10.1. The van der Waals surface area contributed by atoms with Crippen LogP contribution in [0.1, 0.15) is 12.0 Å². The van der Waals surface area contributed by atoms with E-state index in [1.807, 2.05) is 0 Å². The maximum atomic E-state index is 5.58. The van der Waals surface area contributed by atoms with Crippen molar-refractivity contribution in [3.05, 3.63) is 35.9 Å². The molecule has 2 N–H and O–H groups in total. The summed E-state index contributed by atoms with van der Waals surface area (Å²) in [6.45, 7) is 8.34. The molecule has 4 heteroatoms. The first-order valence-electron chi connectivity index (χ1n) is 7.81. The van der Waals surface area contributed by atoms with Gasteiger partial charge in [-0.2, -0.15) is 0 Å². The molecule has 4 nitrogen and oxygen atoms in total. The number of aryl methyl sites for hydroxylation is 1. The van der Waals surface area contributed by atoms with Gasteiger partial charge in [0, 0.05) is 31.6 Å². The number of pyridine rings is 1. The molecular formula is C17H24N4. The molecule has 0 spiro atoms. The number of anilines is 1. The van der Waals surface area contributed by atoms with E-state index in [-0.39, 0.29) is 0 Å². The van der Waals surface area contributed by atoms with E-state index in [0.717, 1.165) is 57.0 Å². The van der Waals surface area contributed by atoms with Crippen LogP contribution in [0.3, 0.4) is 0 Å². The zero-order valence-corrected chi connectivity index (χ0v) is 12.8. The molecule has 1 aromatic carbocycles. The molecular weight excluding hydrogens is 260 g/mol. The summed E-state index contributed by atoms with van der Waals surface area (Å²) >= 11 is 0. The predicted molar refractivity (Wildman–Crippen MR) is 88.8 cm³/mol. The molecule has 1 aliphatic heterocycles. The second kappa shape index (κ2) is 6.41. The molecule has 3 rings (SSSR count). The van der Waals surface area contributed by atoms with Gasteiger partial charge in [-0.05, 0) is 44.1 Å². The van der Waals surface area contributed by atoms with Gasteiger partial charge in [0.2, 0.25) is 0 Å². The lowest BCUT2D eigenvalue weighted by molar-refractivity contribution is 0.256. The van der Waals surface area contributed by atoms with Crippen LogP contribution in [0.25, 0.3) is 10.9 Å². The molecule has 0 atom stereocenters. The molecule has 0 amide bonds. The van der Waals surface area contributed by atoms with E-state index in [4.69, 9.17) is 10.7 Å². The van der Waals surface area contributed by atoms with Crippen molar-refractivity contribution in [2.24, 2.45) is 5.73 Å². The fourth-order valence-corrected chi connectivity index (χ4v) is 2.98. The van der Waals surface area contributed by atoms with Crippen molar-refractivity contribution >= 4 is 16.7 Å². The van der Waals surface area contributed by atoms with E-state index in [0.29, 0.717) is 0 Å². The first-order valence-corrected chi connectivity index (χ1v) is 7.81. The summed E-state index contributed by atoms with van der Waals surface area (Å²) in [7, 11) is 0. The Morgan fingerprint density at radius 2 is 1.90 bits per heavy atom. The van der Waals surface area contributed by atoms with Crippen LogP contribution >= 0.6 is 0 Å². The number of hydrogen-bond donors (Lipinski definition) is 1. The summed E-state index contributed by atoms with van der Waals surface area (Å²) in [4.78, 5) is 9.76. The minimum atomic E-state index is 0.783.